The maximum atomic E-state index is 5.04. The molecule has 3 aromatic rings. The molecule has 1 N–H and O–H groups in total. The molecule has 0 spiro atoms. The third-order valence-electron chi connectivity index (χ3n) is 2.71. The van der Waals surface area contributed by atoms with Gasteiger partial charge in [-0.25, -0.2) is 4.98 Å². The van der Waals surface area contributed by atoms with Crippen molar-refractivity contribution < 1.29 is 4.52 Å². The van der Waals surface area contributed by atoms with Gasteiger partial charge in [-0.3, -0.25) is 4.98 Å². The van der Waals surface area contributed by atoms with Crippen molar-refractivity contribution in [3.8, 4) is 0 Å². The van der Waals surface area contributed by atoms with E-state index in [1.54, 1.807) is 12.4 Å². The Hall–Kier alpha value is -2.17. The lowest BCUT2D eigenvalue weighted by molar-refractivity contribution is 0.390. The van der Waals surface area contributed by atoms with Gasteiger partial charge in [0.15, 0.2) is 5.65 Å². The van der Waals surface area contributed by atoms with Crippen molar-refractivity contribution in [1.82, 2.24) is 20.1 Å². The van der Waals surface area contributed by atoms with Crippen LogP contribution >= 0.6 is 0 Å². The Morgan fingerprint density at radius 2 is 2.12 bits per heavy atom. The van der Waals surface area contributed by atoms with Gasteiger partial charge in [0.2, 0.25) is 0 Å². The molecule has 3 aromatic heterocycles. The van der Waals surface area contributed by atoms with Crippen LogP contribution in [0.5, 0.6) is 0 Å². The monoisotopic (exact) mass is 228 g/mol. The van der Waals surface area contributed by atoms with Crippen molar-refractivity contribution in [2.45, 2.75) is 19.8 Å². The van der Waals surface area contributed by atoms with Crippen LogP contribution in [0.3, 0.4) is 0 Å². The highest BCUT2D eigenvalue weighted by molar-refractivity contribution is 5.74. The van der Waals surface area contributed by atoms with Gasteiger partial charge in [-0.1, -0.05) is 5.16 Å². The maximum absolute atomic E-state index is 5.04. The van der Waals surface area contributed by atoms with Crippen molar-refractivity contribution in [3.63, 3.8) is 0 Å². The summed E-state index contributed by atoms with van der Waals surface area (Å²) in [5.74, 6) is 0.846. The predicted molar refractivity (Wildman–Crippen MR) is 62.5 cm³/mol. The fourth-order valence-corrected chi connectivity index (χ4v) is 1.89. The van der Waals surface area contributed by atoms with Crippen LogP contribution in [0.4, 0.5) is 0 Å². The number of fused-ring (bicyclic) bond motifs is 1. The van der Waals surface area contributed by atoms with E-state index >= 15 is 0 Å². The van der Waals surface area contributed by atoms with Crippen LogP contribution in [0.1, 0.15) is 17.0 Å². The van der Waals surface area contributed by atoms with Crippen LogP contribution in [-0.4, -0.2) is 20.1 Å². The van der Waals surface area contributed by atoms with E-state index in [9.17, 15) is 0 Å². The molecule has 0 fully saturated rings. The first kappa shape index (κ1) is 10.0. The summed E-state index contributed by atoms with van der Waals surface area (Å²) in [5.41, 5.74) is 3.90. The number of aromatic nitrogens is 4. The van der Waals surface area contributed by atoms with Gasteiger partial charge in [-0.15, -0.1) is 0 Å². The number of hydrogen-bond acceptors (Lipinski definition) is 4. The molecule has 0 saturated carbocycles. The van der Waals surface area contributed by atoms with Crippen molar-refractivity contribution in [3.05, 3.63) is 41.7 Å². The van der Waals surface area contributed by atoms with Gasteiger partial charge in [-0.2, -0.15) is 0 Å². The summed E-state index contributed by atoms with van der Waals surface area (Å²) in [7, 11) is 0. The number of rotatable bonds is 3. The average Bonchev–Trinajstić information content (AvgIpc) is 2.93. The maximum Gasteiger partial charge on any atom is 0.156 e. The van der Waals surface area contributed by atoms with Gasteiger partial charge in [0.25, 0.3) is 0 Å². The Kier molecular flexibility index (Phi) is 2.36. The number of nitrogens with one attached hydrogen (secondary N) is 1. The van der Waals surface area contributed by atoms with Crippen LogP contribution in [0.2, 0.25) is 0 Å². The molecule has 3 heterocycles. The fourth-order valence-electron chi connectivity index (χ4n) is 1.89. The van der Waals surface area contributed by atoms with E-state index in [-0.39, 0.29) is 0 Å². The molecule has 0 saturated heterocycles. The van der Waals surface area contributed by atoms with Gasteiger partial charge < -0.3 is 9.51 Å². The molecule has 0 aliphatic carbocycles. The van der Waals surface area contributed by atoms with Crippen LogP contribution in [0, 0.1) is 6.92 Å². The number of aryl methyl sites for hydroxylation is 3. The number of aromatic amines is 1. The normalized spacial score (nSPS) is 11.1. The van der Waals surface area contributed by atoms with E-state index < -0.39 is 0 Å². The van der Waals surface area contributed by atoms with Crippen molar-refractivity contribution in [1.29, 1.82) is 0 Å². The molecule has 0 aromatic carbocycles. The SMILES string of the molecule is Cc1cc(CCc2c[nH]c3nccnc23)no1. The molecule has 0 bridgehead atoms. The second-order valence-electron chi connectivity index (χ2n) is 4.00. The largest absolute Gasteiger partial charge is 0.361 e. The van der Waals surface area contributed by atoms with E-state index in [0.717, 1.165) is 41.0 Å². The highest BCUT2D eigenvalue weighted by atomic mass is 16.5. The van der Waals surface area contributed by atoms with Crippen molar-refractivity contribution in [2.75, 3.05) is 0 Å². The van der Waals surface area contributed by atoms with Gasteiger partial charge in [0.05, 0.1) is 5.69 Å². The first-order valence-electron chi connectivity index (χ1n) is 5.52. The molecule has 5 nitrogen and oxygen atoms in total. The summed E-state index contributed by atoms with van der Waals surface area (Å²) >= 11 is 0. The lowest BCUT2D eigenvalue weighted by Gasteiger charge is -1.95. The van der Waals surface area contributed by atoms with Crippen molar-refractivity contribution in [2.24, 2.45) is 0 Å². The Labute approximate surface area is 97.9 Å². The minimum absolute atomic E-state index is 0.832. The van der Waals surface area contributed by atoms with Crippen LogP contribution in [-0.2, 0) is 12.8 Å². The van der Waals surface area contributed by atoms with E-state index in [2.05, 4.69) is 20.1 Å². The molecule has 0 amide bonds. The molecule has 0 aliphatic heterocycles. The molecule has 86 valence electrons. The van der Waals surface area contributed by atoms with Gasteiger partial charge in [0.1, 0.15) is 11.3 Å². The second-order valence-corrected chi connectivity index (χ2v) is 4.00. The van der Waals surface area contributed by atoms with Crippen LogP contribution in [0.25, 0.3) is 11.2 Å². The van der Waals surface area contributed by atoms with Gasteiger partial charge >= 0.3 is 0 Å². The van der Waals surface area contributed by atoms with Gasteiger partial charge in [0, 0.05) is 24.7 Å². The molecule has 3 rings (SSSR count). The first-order chi connectivity index (χ1) is 8.33. The molecular weight excluding hydrogens is 216 g/mol. The molecule has 0 radical (unpaired) electrons. The molecule has 0 atom stereocenters. The van der Waals surface area contributed by atoms with Crippen LogP contribution < -0.4 is 0 Å². The molecular formula is C12H12N4O. The highest BCUT2D eigenvalue weighted by Gasteiger charge is 2.07. The number of H-pyrrole nitrogens is 1. The summed E-state index contributed by atoms with van der Waals surface area (Å²) in [5, 5.41) is 3.97. The smallest absolute Gasteiger partial charge is 0.156 e. The summed E-state index contributed by atoms with van der Waals surface area (Å²) in [4.78, 5) is 11.6. The molecule has 0 aliphatic rings. The van der Waals surface area contributed by atoms with E-state index in [0.29, 0.717) is 0 Å². The highest BCUT2D eigenvalue weighted by Crippen LogP contribution is 2.15. The fraction of sp³-hybridized carbons (Fsp3) is 0.250. The Bertz CT molecular complexity index is 641. The summed E-state index contributed by atoms with van der Waals surface area (Å²) in [6.45, 7) is 1.90. The zero-order chi connectivity index (χ0) is 11.7. The zero-order valence-electron chi connectivity index (χ0n) is 9.47. The lowest BCUT2D eigenvalue weighted by atomic mass is 10.1. The Balaban J connectivity index is 1.81. The minimum atomic E-state index is 0.832. The summed E-state index contributed by atoms with van der Waals surface area (Å²) in [6, 6.07) is 1.96. The van der Waals surface area contributed by atoms with Gasteiger partial charge in [-0.05, 0) is 25.3 Å². The summed E-state index contributed by atoms with van der Waals surface area (Å²) in [6.07, 6.45) is 7.08. The number of hydrogen-bond donors (Lipinski definition) is 1. The first-order valence-corrected chi connectivity index (χ1v) is 5.52. The van der Waals surface area contributed by atoms with E-state index in [4.69, 9.17) is 4.52 Å². The van der Waals surface area contributed by atoms with Crippen LogP contribution in [0.15, 0.2) is 29.2 Å². The number of nitrogens with zero attached hydrogens (tertiary/aromatic N) is 3. The van der Waals surface area contributed by atoms with Crippen molar-refractivity contribution >= 4 is 11.2 Å². The quantitative estimate of drug-likeness (QED) is 0.744. The van der Waals surface area contributed by atoms with E-state index in [1.165, 1.54) is 0 Å². The Morgan fingerprint density at radius 1 is 1.24 bits per heavy atom. The minimum Gasteiger partial charge on any atom is -0.361 e. The zero-order valence-corrected chi connectivity index (χ0v) is 9.47. The third-order valence-corrected chi connectivity index (χ3v) is 2.71. The van der Waals surface area contributed by atoms with E-state index in [1.807, 2.05) is 19.2 Å². The lowest BCUT2D eigenvalue weighted by Crippen LogP contribution is -1.91. The topological polar surface area (TPSA) is 67.6 Å². The molecule has 5 heteroatoms. The second kappa shape index (κ2) is 4.01. The third kappa shape index (κ3) is 1.91. The average molecular weight is 228 g/mol. The molecule has 17 heavy (non-hydrogen) atoms. The standard InChI is InChI=1S/C12H12N4O/c1-8-6-10(16-17-8)3-2-9-7-15-12-11(9)13-4-5-14-12/h4-7H,2-3H2,1H3,(H,14,15). The summed E-state index contributed by atoms with van der Waals surface area (Å²) < 4.78 is 5.04. The molecule has 0 unspecified atom stereocenters. The Morgan fingerprint density at radius 3 is 2.94 bits per heavy atom. The predicted octanol–water partition coefficient (Wildman–Crippen LogP) is 2.04.